The van der Waals surface area contributed by atoms with Gasteiger partial charge in [-0.05, 0) is 0 Å². The van der Waals surface area contributed by atoms with E-state index < -0.39 is 0 Å². The minimum absolute atomic E-state index is 0.0865. The first-order chi connectivity index (χ1) is 8.18. The molecule has 94 valence electrons. The Labute approximate surface area is 99.5 Å². The lowest BCUT2D eigenvalue weighted by Gasteiger charge is -2.26. The fourth-order valence-electron chi connectivity index (χ4n) is 1.68. The second-order valence-corrected chi connectivity index (χ2v) is 3.94. The average molecular weight is 239 g/mol. The zero-order valence-corrected chi connectivity index (χ0v) is 9.85. The van der Waals surface area contributed by atoms with Crippen LogP contribution in [0.15, 0.2) is 6.20 Å². The number of aromatic nitrogens is 2. The highest BCUT2D eigenvalue weighted by atomic mass is 16.5. The largest absolute Gasteiger partial charge is 0.384 e. The van der Waals surface area contributed by atoms with Crippen molar-refractivity contribution in [3.63, 3.8) is 0 Å². The Morgan fingerprint density at radius 1 is 1.59 bits per heavy atom. The molecule has 1 aromatic heterocycles. The first-order valence-corrected chi connectivity index (χ1v) is 5.55. The number of carbonyl (C=O) groups is 1. The van der Waals surface area contributed by atoms with E-state index in [9.17, 15) is 4.79 Å². The van der Waals surface area contributed by atoms with Gasteiger partial charge < -0.3 is 20.7 Å². The summed E-state index contributed by atoms with van der Waals surface area (Å²) in [6.45, 7) is 2.86. The number of nitrogen functional groups attached to an aromatic ring is 1. The zero-order valence-electron chi connectivity index (χ0n) is 9.85. The smallest absolute Gasteiger partial charge is 0.317 e. The van der Waals surface area contributed by atoms with Crippen LogP contribution in [0.25, 0.3) is 0 Å². The van der Waals surface area contributed by atoms with Crippen molar-refractivity contribution in [2.45, 2.75) is 6.54 Å². The minimum Gasteiger partial charge on any atom is -0.384 e. The zero-order chi connectivity index (χ0) is 12.3. The normalized spacial score (nSPS) is 15.9. The molecule has 0 atom stereocenters. The van der Waals surface area contributed by atoms with E-state index in [0.29, 0.717) is 38.7 Å². The summed E-state index contributed by atoms with van der Waals surface area (Å²) in [7, 11) is 1.77. The van der Waals surface area contributed by atoms with Crippen LogP contribution in [0.5, 0.6) is 0 Å². The van der Waals surface area contributed by atoms with Crippen molar-refractivity contribution >= 4 is 11.8 Å². The summed E-state index contributed by atoms with van der Waals surface area (Å²) in [6.07, 6.45) is 1.66. The van der Waals surface area contributed by atoms with Gasteiger partial charge in [0.1, 0.15) is 5.82 Å². The van der Waals surface area contributed by atoms with Crippen LogP contribution in [0.2, 0.25) is 0 Å². The van der Waals surface area contributed by atoms with Crippen molar-refractivity contribution in [2.24, 2.45) is 7.05 Å². The van der Waals surface area contributed by atoms with Gasteiger partial charge >= 0.3 is 6.03 Å². The van der Waals surface area contributed by atoms with Crippen LogP contribution >= 0.6 is 0 Å². The van der Waals surface area contributed by atoms with Crippen molar-refractivity contribution in [1.82, 2.24) is 20.0 Å². The van der Waals surface area contributed by atoms with E-state index in [1.807, 2.05) is 0 Å². The first kappa shape index (κ1) is 11.7. The summed E-state index contributed by atoms with van der Waals surface area (Å²) in [6, 6.07) is -0.0865. The van der Waals surface area contributed by atoms with Crippen molar-refractivity contribution in [1.29, 1.82) is 0 Å². The SMILES string of the molecule is Cn1ncc(CNC(=O)N2CCOCC2)c1N. The number of nitrogens with one attached hydrogen (secondary N) is 1. The molecule has 2 rings (SSSR count). The molecule has 1 saturated heterocycles. The van der Waals surface area contributed by atoms with Crippen LogP contribution < -0.4 is 11.1 Å². The van der Waals surface area contributed by atoms with Crippen LogP contribution in [0, 0.1) is 0 Å². The lowest BCUT2D eigenvalue weighted by atomic mass is 10.3. The molecule has 7 heteroatoms. The molecule has 0 bridgehead atoms. The predicted octanol–water partition coefficient (Wildman–Crippen LogP) is -0.456. The van der Waals surface area contributed by atoms with Gasteiger partial charge in [-0.1, -0.05) is 0 Å². The highest BCUT2D eigenvalue weighted by molar-refractivity contribution is 5.74. The van der Waals surface area contributed by atoms with Gasteiger partial charge in [-0.25, -0.2) is 4.79 Å². The monoisotopic (exact) mass is 239 g/mol. The summed E-state index contributed by atoms with van der Waals surface area (Å²) in [5, 5.41) is 6.83. The Balaban J connectivity index is 1.85. The molecular weight excluding hydrogens is 222 g/mol. The number of aryl methyl sites for hydroxylation is 1. The van der Waals surface area contributed by atoms with Crippen molar-refractivity contribution in [3.8, 4) is 0 Å². The Morgan fingerprint density at radius 3 is 2.88 bits per heavy atom. The predicted molar refractivity (Wildman–Crippen MR) is 62.2 cm³/mol. The number of morpholine rings is 1. The van der Waals surface area contributed by atoms with Crippen LogP contribution in [0.4, 0.5) is 10.6 Å². The van der Waals surface area contributed by atoms with E-state index in [4.69, 9.17) is 10.5 Å². The molecule has 2 heterocycles. The van der Waals surface area contributed by atoms with Gasteiger partial charge in [0.25, 0.3) is 0 Å². The van der Waals surface area contributed by atoms with Crippen molar-refractivity contribution < 1.29 is 9.53 Å². The van der Waals surface area contributed by atoms with E-state index in [0.717, 1.165) is 5.56 Å². The lowest BCUT2D eigenvalue weighted by molar-refractivity contribution is 0.0531. The maximum absolute atomic E-state index is 11.8. The molecule has 0 aliphatic carbocycles. The van der Waals surface area contributed by atoms with E-state index in [1.165, 1.54) is 0 Å². The second-order valence-electron chi connectivity index (χ2n) is 3.94. The van der Waals surface area contributed by atoms with E-state index in [-0.39, 0.29) is 6.03 Å². The molecule has 0 spiro atoms. The molecule has 0 saturated carbocycles. The van der Waals surface area contributed by atoms with Gasteiger partial charge in [-0.2, -0.15) is 5.10 Å². The van der Waals surface area contributed by atoms with Crippen LogP contribution in [0.1, 0.15) is 5.56 Å². The maximum atomic E-state index is 11.8. The topological polar surface area (TPSA) is 85.4 Å². The number of hydrogen-bond donors (Lipinski definition) is 2. The molecule has 1 fully saturated rings. The number of rotatable bonds is 2. The molecule has 17 heavy (non-hydrogen) atoms. The molecular formula is C10H17N5O2. The standard InChI is InChI=1S/C10H17N5O2/c1-14-9(11)8(7-13-14)6-12-10(16)15-2-4-17-5-3-15/h7H,2-6,11H2,1H3,(H,12,16). The minimum atomic E-state index is -0.0865. The number of carbonyl (C=O) groups excluding carboxylic acids is 1. The summed E-state index contributed by atoms with van der Waals surface area (Å²) in [4.78, 5) is 13.5. The van der Waals surface area contributed by atoms with Crippen molar-refractivity contribution in [2.75, 3.05) is 32.0 Å². The Kier molecular flexibility index (Phi) is 3.48. The van der Waals surface area contributed by atoms with E-state index in [2.05, 4.69) is 10.4 Å². The molecule has 1 aliphatic rings. The Morgan fingerprint density at radius 2 is 2.29 bits per heavy atom. The summed E-state index contributed by atoms with van der Waals surface area (Å²) in [5.74, 6) is 0.576. The summed E-state index contributed by atoms with van der Waals surface area (Å²) < 4.78 is 6.76. The molecule has 0 radical (unpaired) electrons. The molecule has 7 nitrogen and oxygen atoms in total. The van der Waals surface area contributed by atoms with Crippen molar-refractivity contribution in [3.05, 3.63) is 11.8 Å². The fraction of sp³-hybridized carbons (Fsp3) is 0.600. The van der Waals surface area contributed by atoms with Gasteiger partial charge in [-0.3, -0.25) is 4.68 Å². The lowest BCUT2D eigenvalue weighted by Crippen LogP contribution is -2.45. The quantitative estimate of drug-likeness (QED) is 0.731. The third-order valence-electron chi connectivity index (χ3n) is 2.79. The first-order valence-electron chi connectivity index (χ1n) is 5.55. The Hall–Kier alpha value is -1.76. The molecule has 0 unspecified atom stereocenters. The number of nitrogens with two attached hydrogens (primary N) is 1. The van der Waals surface area contributed by atoms with E-state index >= 15 is 0 Å². The molecule has 2 amide bonds. The van der Waals surface area contributed by atoms with E-state index in [1.54, 1.807) is 22.8 Å². The van der Waals surface area contributed by atoms with Crippen LogP contribution in [-0.2, 0) is 18.3 Å². The highest BCUT2D eigenvalue weighted by Crippen LogP contribution is 2.08. The fourth-order valence-corrected chi connectivity index (χ4v) is 1.68. The average Bonchev–Trinajstić information content (AvgIpc) is 2.68. The number of urea groups is 1. The highest BCUT2D eigenvalue weighted by Gasteiger charge is 2.16. The molecule has 0 aromatic carbocycles. The van der Waals surface area contributed by atoms with Gasteiger partial charge in [0, 0.05) is 32.2 Å². The third-order valence-corrected chi connectivity index (χ3v) is 2.79. The number of anilines is 1. The summed E-state index contributed by atoms with van der Waals surface area (Å²) in [5.41, 5.74) is 6.61. The van der Waals surface area contributed by atoms with Crippen LogP contribution in [0.3, 0.4) is 0 Å². The number of hydrogen-bond acceptors (Lipinski definition) is 4. The maximum Gasteiger partial charge on any atom is 0.317 e. The number of ether oxygens (including phenoxy) is 1. The van der Waals surface area contributed by atoms with Gasteiger partial charge in [0.15, 0.2) is 0 Å². The molecule has 3 N–H and O–H groups in total. The van der Waals surface area contributed by atoms with Crippen LogP contribution in [-0.4, -0.2) is 47.0 Å². The Bertz CT molecular complexity index is 397. The number of amides is 2. The number of nitrogens with zero attached hydrogens (tertiary/aromatic N) is 3. The third kappa shape index (κ3) is 2.68. The summed E-state index contributed by atoms with van der Waals surface area (Å²) >= 11 is 0. The van der Waals surface area contributed by atoms with Gasteiger partial charge in [-0.15, -0.1) is 0 Å². The molecule has 1 aromatic rings. The van der Waals surface area contributed by atoms with Gasteiger partial charge in [0.05, 0.1) is 19.4 Å². The molecule has 1 aliphatic heterocycles. The van der Waals surface area contributed by atoms with Gasteiger partial charge in [0.2, 0.25) is 0 Å². The second kappa shape index (κ2) is 5.05.